The summed E-state index contributed by atoms with van der Waals surface area (Å²) in [5, 5.41) is 2.94. The lowest BCUT2D eigenvalue weighted by atomic mass is 10.1. The van der Waals surface area contributed by atoms with Crippen molar-refractivity contribution in [2.45, 2.75) is 33.2 Å². The van der Waals surface area contributed by atoms with Gasteiger partial charge in [0.25, 0.3) is 0 Å². The number of carbonyl (C=O) groups is 1. The number of nitrogens with two attached hydrogens (primary N) is 1. The molecular weight excluding hydrogens is 254 g/mol. The fourth-order valence-corrected chi connectivity index (χ4v) is 2.16. The molecule has 0 radical (unpaired) electrons. The monoisotopic (exact) mass is 273 g/mol. The lowest BCUT2D eigenvalue weighted by Gasteiger charge is -2.13. The van der Waals surface area contributed by atoms with Crippen molar-refractivity contribution < 1.29 is 9.21 Å². The Kier molecular flexibility index (Phi) is 4.08. The fourth-order valence-electron chi connectivity index (χ4n) is 2.16. The van der Waals surface area contributed by atoms with Gasteiger partial charge in [-0.25, -0.2) is 0 Å². The Bertz CT molecular complexity index is 602. The van der Waals surface area contributed by atoms with E-state index in [4.69, 9.17) is 10.2 Å². The van der Waals surface area contributed by atoms with Crippen molar-refractivity contribution >= 4 is 11.6 Å². The van der Waals surface area contributed by atoms with Gasteiger partial charge in [0.05, 0.1) is 24.3 Å². The molecule has 0 bridgehead atoms. The van der Waals surface area contributed by atoms with E-state index in [1.54, 1.807) is 18.3 Å². The summed E-state index contributed by atoms with van der Waals surface area (Å²) >= 11 is 0. The van der Waals surface area contributed by atoms with E-state index in [2.05, 4.69) is 10.3 Å². The first-order chi connectivity index (χ1) is 9.45. The van der Waals surface area contributed by atoms with Crippen LogP contribution < -0.4 is 11.1 Å². The number of pyridine rings is 1. The molecule has 5 nitrogen and oxygen atoms in total. The summed E-state index contributed by atoms with van der Waals surface area (Å²) in [6.45, 7) is 5.72. The van der Waals surface area contributed by atoms with Crippen LogP contribution in [0.3, 0.4) is 0 Å². The van der Waals surface area contributed by atoms with E-state index in [-0.39, 0.29) is 18.4 Å². The van der Waals surface area contributed by atoms with Crippen LogP contribution >= 0.6 is 0 Å². The molecule has 0 aliphatic rings. The van der Waals surface area contributed by atoms with Gasteiger partial charge in [-0.1, -0.05) is 0 Å². The lowest BCUT2D eigenvalue weighted by Crippen LogP contribution is -2.28. The van der Waals surface area contributed by atoms with Crippen LogP contribution in [0.4, 0.5) is 5.69 Å². The summed E-state index contributed by atoms with van der Waals surface area (Å²) in [6.07, 6.45) is 1.79. The van der Waals surface area contributed by atoms with Crippen LogP contribution in [0.1, 0.15) is 35.7 Å². The Hall–Kier alpha value is -2.30. The van der Waals surface area contributed by atoms with Crippen molar-refractivity contribution in [3.05, 3.63) is 47.2 Å². The molecule has 0 spiro atoms. The lowest BCUT2D eigenvalue weighted by molar-refractivity contribution is -0.121. The van der Waals surface area contributed by atoms with Gasteiger partial charge in [-0.3, -0.25) is 9.78 Å². The predicted molar refractivity (Wildman–Crippen MR) is 77.1 cm³/mol. The second kappa shape index (κ2) is 5.77. The molecule has 0 saturated carbocycles. The summed E-state index contributed by atoms with van der Waals surface area (Å²) in [7, 11) is 0. The highest BCUT2D eigenvalue weighted by atomic mass is 16.3. The number of furan rings is 1. The van der Waals surface area contributed by atoms with Gasteiger partial charge in [-0.05, 0) is 39.0 Å². The Morgan fingerprint density at radius 1 is 1.45 bits per heavy atom. The molecule has 20 heavy (non-hydrogen) atoms. The molecule has 106 valence electrons. The molecular formula is C15H19N3O2. The van der Waals surface area contributed by atoms with Crippen molar-refractivity contribution in [3.63, 3.8) is 0 Å². The molecule has 0 aromatic carbocycles. The van der Waals surface area contributed by atoms with E-state index < -0.39 is 0 Å². The Labute approximate surface area is 118 Å². The number of carbonyl (C=O) groups excluding carboxylic acids is 1. The number of nitrogen functional groups attached to an aromatic ring is 1. The molecule has 0 aliphatic carbocycles. The van der Waals surface area contributed by atoms with Crippen molar-refractivity contribution in [1.82, 2.24) is 10.3 Å². The molecule has 1 unspecified atom stereocenters. The summed E-state index contributed by atoms with van der Waals surface area (Å²) in [5.41, 5.74) is 7.85. The van der Waals surface area contributed by atoms with E-state index in [0.717, 1.165) is 17.1 Å². The normalized spacial score (nSPS) is 12.2. The Balaban J connectivity index is 1.97. The van der Waals surface area contributed by atoms with Crippen molar-refractivity contribution in [3.8, 4) is 0 Å². The maximum Gasteiger partial charge on any atom is 0.226 e. The number of nitrogens with one attached hydrogen (secondary N) is 1. The zero-order valence-electron chi connectivity index (χ0n) is 11.9. The summed E-state index contributed by atoms with van der Waals surface area (Å²) in [4.78, 5) is 16.1. The first kappa shape index (κ1) is 14.1. The number of amides is 1. The molecule has 2 aromatic heterocycles. The molecule has 0 saturated heterocycles. The van der Waals surface area contributed by atoms with E-state index >= 15 is 0 Å². The minimum Gasteiger partial charge on any atom is -0.466 e. The predicted octanol–water partition coefficient (Wildman–Crippen LogP) is 2.29. The molecule has 3 N–H and O–H groups in total. The van der Waals surface area contributed by atoms with Gasteiger partial charge in [0.15, 0.2) is 0 Å². The van der Waals surface area contributed by atoms with E-state index in [1.807, 2.05) is 26.8 Å². The van der Waals surface area contributed by atoms with Gasteiger partial charge in [-0.2, -0.15) is 0 Å². The van der Waals surface area contributed by atoms with Crippen LogP contribution in [0, 0.1) is 13.8 Å². The highest BCUT2D eigenvalue weighted by Crippen LogP contribution is 2.21. The van der Waals surface area contributed by atoms with E-state index in [1.165, 1.54) is 0 Å². The highest BCUT2D eigenvalue weighted by Gasteiger charge is 2.15. The topological polar surface area (TPSA) is 81.2 Å². The molecule has 0 fully saturated rings. The van der Waals surface area contributed by atoms with E-state index in [9.17, 15) is 4.79 Å². The van der Waals surface area contributed by atoms with Crippen LogP contribution in [0.25, 0.3) is 0 Å². The smallest absolute Gasteiger partial charge is 0.226 e. The zero-order valence-corrected chi connectivity index (χ0v) is 11.9. The summed E-state index contributed by atoms with van der Waals surface area (Å²) in [5.74, 6) is 1.60. The fraction of sp³-hybridized carbons (Fsp3) is 0.333. The molecule has 1 atom stereocenters. The molecule has 2 heterocycles. The summed E-state index contributed by atoms with van der Waals surface area (Å²) in [6, 6.07) is 5.35. The van der Waals surface area contributed by atoms with Gasteiger partial charge in [0.1, 0.15) is 11.5 Å². The van der Waals surface area contributed by atoms with Crippen LogP contribution in [-0.4, -0.2) is 10.9 Å². The maximum atomic E-state index is 12.0. The molecule has 0 aliphatic heterocycles. The third-order valence-electron chi connectivity index (χ3n) is 3.11. The van der Waals surface area contributed by atoms with Crippen LogP contribution in [0.5, 0.6) is 0 Å². The minimum atomic E-state index is -0.0891. The van der Waals surface area contributed by atoms with Crippen molar-refractivity contribution in [2.24, 2.45) is 0 Å². The van der Waals surface area contributed by atoms with Gasteiger partial charge in [-0.15, -0.1) is 0 Å². The molecule has 1 amide bonds. The second-order valence-electron chi connectivity index (χ2n) is 4.92. The number of hydrogen-bond acceptors (Lipinski definition) is 4. The van der Waals surface area contributed by atoms with Gasteiger partial charge < -0.3 is 15.5 Å². The third-order valence-corrected chi connectivity index (χ3v) is 3.11. The van der Waals surface area contributed by atoms with Crippen molar-refractivity contribution in [2.75, 3.05) is 5.73 Å². The highest BCUT2D eigenvalue weighted by molar-refractivity contribution is 5.78. The van der Waals surface area contributed by atoms with Crippen LogP contribution in [0.2, 0.25) is 0 Å². The van der Waals surface area contributed by atoms with Crippen LogP contribution in [0.15, 0.2) is 28.8 Å². The largest absolute Gasteiger partial charge is 0.466 e. The van der Waals surface area contributed by atoms with Crippen LogP contribution in [-0.2, 0) is 11.2 Å². The maximum absolute atomic E-state index is 12.0. The van der Waals surface area contributed by atoms with Gasteiger partial charge in [0.2, 0.25) is 5.91 Å². The number of rotatable bonds is 4. The van der Waals surface area contributed by atoms with E-state index in [0.29, 0.717) is 11.4 Å². The number of aromatic nitrogens is 1. The third kappa shape index (κ3) is 3.38. The van der Waals surface area contributed by atoms with Gasteiger partial charge in [0, 0.05) is 11.3 Å². The molecule has 5 heteroatoms. The molecule has 2 rings (SSSR count). The average Bonchev–Trinajstić information content (AvgIpc) is 2.71. The summed E-state index contributed by atoms with van der Waals surface area (Å²) < 4.78 is 5.47. The Morgan fingerprint density at radius 3 is 2.75 bits per heavy atom. The number of aryl methyl sites for hydroxylation is 2. The SMILES string of the molecule is Cc1cc(C(C)NC(=O)Cc2ccc(N)cn2)c(C)o1. The van der Waals surface area contributed by atoms with Crippen molar-refractivity contribution in [1.29, 1.82) is 0 Å². The first-order valence-electron chi connectivity index (χ1n) is 6.52. The second-order valence-corrected chi connectivity index (χ2v) is 4.92. The number of hydrogen-bond donors (Lipinski definition) is 2. The van der Waals surface area contributed by atoms with Gasteiger partial charge >= 0.3 is 0 Å². The quantitative estimate of drug-likeness (QED) is 0.895. The number of nitrogens with zero attached hydrogens (tertiary/aromatic N) is 1. The Morgan fingerprint density at radius 2 is 2.20 bits per heavy atom. The average molecular weight is 273 g/mol. The first-order valence-corrected chi connectivity index (χ1v) is 6.52. The number of anilines is 1. The zero-order chi connectivity index (χ0) is 14.7. The standard InChI is InChI=1S/C15H19N3O2/c1-9-6-14(11(3)20-9)10(2)18-15(19)7-13-5-4-12(16)8-17-13/h4-6,8,10H,7,16H2,1-3H3,(H,18,19). The molecule has 2 aromatic rings. The minimum absolute atomic E-state index is 0.0759.